The number of hydrogen-bond donors (Lipinski definition) is 0. The number of rotatable bonds is 2. The molecule has 1 heterocycles. The van der Waals surface area contributed by atoms with Gasteiger partial charge >= 0.3 is 0 Å². The average Bonchev–Trinajstić information content (AvgIpc) is 2.33. The summed E-state index contributed by atoms with van der Waals surface area (Å²) < 4.78 is 32.0. The van der Waals surface area contributed by atoms with Crippen molar-refractivity contribution >= 4 is 27.7 Å². The number of hydrogen-bond acceptors (Lipinski definition) is 3. The number of imide groups is 1. The van der Waals surface area contributed by atoms with Gasteiger partial charge in [0, 0.05) is 5.56 Å². The van der Waals surface area contributed by atoms with E-state index in [9.17, 15) is 18.4 Å². The molecule has 0 unspecified atom stereocenters. The standard InChI is InChI=1S/C11H8BrF2NO3/c12-7-1-2-8(13)6(11(7)14)3-15-9(16)4-18-5-10(15)17/h1-2H,3-5H2. The predicted molar refractivity (Wildman–Crippen MR) is 60.4 cm³/mol. The highest BCUT2D eigenvalue weighted by Crippen LogP contribution is 2.23. The largest absolute Gasteiger partial charge is 0.362 e. The lowest BCUT2D eigenvalue weighted by Gasteiger charge is -2.25. The molecule has 1 aliphatic rings. The first kappa shape index (κ1) is 13.1. The number of benzene rings is 1. The Hall–Kier alpha value is -1.34. The van der Waals surface area contributed by atoms with E-state index in [0.29, 0.717) is 0 Å². The Labute approximate surface area is 110 Å². The number of carbonyl (C=O) groups excluding carboxylic acids is 2. The summed E-state index contributed by atoms with van der Waals surface area (Å²) in [5.41, 5.74) is -0.326. The molecule has 0 aromatic heterocycles. The Morgan fingerprint density at radius 3 is 2.44 bits per heavy atom. The van der Waals surface area contributed by atoms with Crippen LogP contribution in [-0.4, -0.2) is 29.9 Å². The molecule has 0 spiro atoms. The summed E-state index contributed by atoms with van der Waals surface area (Å²) in [5.74, 6) is -2.83. The van der Waals surface area contributed by atoms with Crippen LogP contribution < -0.4 is 0 Å². The zero-order chi connectivity index (χ0) is 13.3. The second-order valence-corrected chi connectivity index (χ2v) is 4.54. The van der Waals surface area contributed by atoms with Crippen LogP contribution >= 0.6 is 15.9 Å². The van der Waals surface area contributed by atoms with Crippen molar-refractivity contribution in [3.8, 4) is 0 Å². The first-order valence-corrected chi connectivity index (χ1v) is 5.83. The molecular formula is C11H8BrF2NO3. The normalized spacial score (nSPS) is 16.3. The second kappa shape index (κ2) is 5.11. The van der Waals surface area contributed by atoms with E-state index in [1.807, 2.05) is 0 Å². The van der Waals surface area contributed by atoms with Gasteiger partial charge < -0.3 is 4.74 Å². The predicted octanol–water partition coefficient (Wildman–Crippen LogP) is 1.61. The molecule has 1 fully saturated rings. The summed E-state index contributed by atoms with van der Waals surface area (Å²) in [4.78, 5) is 23.7. The first-order chi connectivity index (χ1) is 8.50. The van der Waals surface area contributed by atoms with Gasteiger partial charge in [-0.05, 0) is 28.1 Å². The van der Waals surface area contributed by atoms with Gasteiger partial charge in [0.1, 0.15) is 24.8 Å². The highest BCUT2D eigenvalue weighted by molar-refractivity contribution is 9.10. The van der Waals surface area contributed by atoms with Crippen LogP contribution in [0.1, 0.15) is 5.56 Å². The van der Waals surface area contributed by atoms with E-state index in [-0.39, 0.29) is 23.2 Å². The van der Waals surface area contributed by atoms with E-state index in [4.69, 9.17) is 4.74 Å². The van der Waals surface area contributed by atoms with E-state index in [2.05, 4.69) is 15.9 Å². The number of amides is 2. The quantitative estimate of drug-likeness (QED) is 0.614. The lowest BCUT2D eigenvalue weighted by Crippen LogP contribution is -2.45. The van der Waals surface area contributed by atoms with Crippen LogP contribution in [-0.2, 0) is 20.9 Å². The van der Waals surface area contributed by atoms with Crippen molar-refractivity contribution in [2.45, 2.75) is 6.54 Å². The van der Waals surface area contributed by atoms with Gasteiger partial charge in [0.05, 0.1) is 11.0 Å². The van der Waals surface area contributed by atoms with Crippen molar-refractivity contribution in [2.75, 3.05) is 13.2 Å². The summed E-state index contributed by atoms with van der Waals surface area (Å²) in [6, 6.07) is 2.29. The molecule has 0 atom stereocenters. The van der Waals surface area contributed by atoms with Gasteiger partial charge in [-0.15, -0.1) is 0 Å². The Morgan fingerprint density at radius 2 is 1.83 bits per heavy atom. The molecule has 0 radical (unpaired) electrons. The molecule has 0 aliphatic carbocycles. The molecule has 1 saturated heterocycles. The van der Waals surface area contributed by atoms with E-state index < -0.39 is 30.0 Å². The Balaban J connectivity index is 2.31. The minimum absolute atomic E-state index is 0.0760. The second-order valence-electron chi connectivity index (χ2n) is 3.69. The molecule has 96 valence electrons. The third-order valence-electron chi connectivity index (χ3n) is 2.51. The Morgan fingerprint density at radius 1 is 1.22 bits per heavy atom. The summed E-state index contributed by atoms with van der Waals surface area (Å²) in [7, 11) is 0. The summed E-state index contributed by atoms with van der Waals surface area (Å²) in [5, 5.41) is 0. The number of carbonyl (C=O) groups is 2. The van der Waals surface area contributed by atoms with Crippen LogP contribution in [0.4, 0.5) is 8.78 Å². The third kappa shape index (κ3) is 2.41. The monoisotopic (exact) mass is 319 g/mol. The first-order valence-electron chi connectivity index (χ1n) is 5.04. The minimum atomic E-state index is -0.818. The zero-order valence-corrected chi connectivity index (χ0v) is 10.7. The molecule has 0 saturated carbocycles. The molecule has 1 aliphatic heterocycles. The number of nitrogens with zero attached hydrogens (tertiary/aromatic N) is 1. The molecule has 18 heavy (non-hydrogen) atoms. The molecular weight excluding hydrogens is 312 g/mol. The fourth-order valence-electron chi connectivity index (χ4n) is 1.57. The van der Waals surface area contributed by atoms with Crippen LogP contribution in [0.25, 0.3) is 0 Å². The van der Waals surface area contributed by atoms with Gasteiger partial charge in [-0.25, -0.2) is 8.78 Å². The molecule has 2 amide bonds. The van der Waals surface area contributed by atoms with E-state index in [1.165, 1.54) is 6.07 Å². The maximum atomic E-state index is 13.7. The smallest absolute Gasteiger partial charge is 0.255 e. The molecule has 4 nitrogen and oxygen atoms in total. The SMILES string of the molecule is O=C1COCC(=O)N1Cc1c(F)ccc(Br)c1F. The van der Waals surface area contributed by atoms with Gasteiger partial charge in [-0.2, -0.15) is 0 Å². The van der Waals surface area contributed by atoms with Crippen molar-refractivity contribution in [3.63, 3.8) is 0 Å². The molecule has 2 rings (SSSR count). The van der Waals surface area contributed by atoms with Gasteiger partial charge in [0.2, 0.25) is 0 Å². The van der Waals surface area contributed by atoms with Crippen LogP contribution in [0.3, 0.4) is 0 Å². The fourth-order valence-corrected chi connectivity index (χ4v) is 1.94. The van der Waals surface area contributed by atoms with Crippen LogP contribution in [0.5, 0.6) is 0 Å². The lowest BCUT2D eigenvalue weighted by atomic mass is 10.1. The average molecular weight is 320 g/mol. The molecule has 1 aromatic carbocycles. The maximum absolute atomic E-state index is 13.7. The van der Waals surface area contributed by atoms with Crippen molar-refractivity contribution in [3.05, 3.63) is 33.8 Å². The van der Waals surface area contributed by atoms with Crippen LogP contribution in [0.2, 0.25) is 0 Å². The van der Waals surface area contributed by atoms with Crippen molar-refractivity contribution < 1.29 is 23.1 Å². The minimum Gasteiger partial charge on any atom is -0.362 e. The maximum Gasteiger partial charge on any atom is 0.255 e. The Bertz CT molecular complexity index is 505. The summed E-state index contributed by atoms with van der Waals surface area (Å²) in [6.45, 7) is -0.954. The van der Waals surface area contributed by atoms with Gasteiger partial charge in [0.15, 0.2) is 0 Å². The highest BCUT2D eigenvalue weighted by Gasteiger charge is 2.28. The van der Waals surface area contributed by atoms with E-state index >= 15 is 0 Å². The van der Waals surface area contributed by atoms with Gasteiger partial charge in [-0.1, -0.05) is 0 Å². The topological polar surface area (TPSA) is 46.6 Å². The lowest BCUT2D eigenvalue weighted by molar-refractivity contribution is -0.159. The van der Waals surface area contributed by atoms with E-state index in [0.717, 1.165) is 11.0 Å². The van der Waals surface area contributed by atoms with Crippen molar-refractivity contribution in [1.29, 1.82) is 0 Å². The number of morpholine rings is 1. The molecule has 0 N–H and O–H groups in total. The molecule has 1 aromatic rings. The van der Waals surface area contributed by atoms with E-state index in [1.54, 1.807) is 0 Å². The van der Waals surface area contributed by atoms with Crippen LogP contribution in [0.15, 0.2) is 16.6 Å². The summed E-state index contributed by atoms with van der Waals surface area (Å²) >= 11 is 2.92. The third-order valence-corrected chi connectivity index (χ3v) is 3.12. The molecule has 0 bridgehead atoms. The van der Waals surface area contributed by atoms with Crippen LogP contribution in [0, 0.1) is 11.6 Å². The fraction of sp³-hybridized carbons (Fsp3) is 0.273. The summed E-state index contributed by atoms with van der Waals surface area (Å²) in [6.07, 6.45) is 0. The van der Waals surface area contributed by atoms with Gasteiger partial charge in [0.25, 0.3) is 11.8 Å². The zero-order valence-electron chi connectivity index (χ0n) is 9.08. The highest BCUT2D eigenvalue weighted by atomic mass is 79.9. The number of halogens is 3. The molecule has 7 heteroatoms. The Kier molecular flexibility index (Phi) is 3.72. The number of ether oxygens (including phenoxy) is 1. The van der Waals surface area contributed by atoms with Crippen molar-refractivity contribution in [1.82, 2.24) is 4.90 Å². The van der Waals surface area contributed by atoms with Crippen molar-refractivity contribution in [2.24, 2.45) is 0 Å². The van der Waals surface area contributed by atoms with Gasteiger partial charge in [-0.3, -0.25) is 14.5 Å².